The zero-order valence-corrected chi connectivity index (χ0v) is 12.9. The second-order valence-electron chi connectivity index (χ2n) is 5.53. The minimum absolute atomic E-state index is 0.310. The molecule has 0 saturated heterocycles. The number of rotatable bonds is 9. The van der Waals surface area contributed by atoms with Gasteiger partial charge in [0.25, 0.3) is 0 Å². The quantitative estimate of drug-likeness (QED) is 0.728. The maximum absolute atomic E-state index is 5.80. The van der Waals surface area contributed by atoms with E-state index in [1.165, 1.54) is 11.1 Å². The van der Waals surface area contributed by atoms with Gasteiger partial charge in [-0.15, -0.1) is 0 Å². The second kappa shape index (κ2) is 9.11. The molecule has 0 saturated carbocycles. The van der Waals surface area contributed by atoms with E-state index in [0.717, 1.165) is 32.6 Å². The van der Waals surface area contributed by atoms with Crippen molar-refractivity contribution in [1.82, 2.24) is 5.32 Å². The maximum atomic E-state index is 5.80. The molecule has 0 aliphatic rings. The van der Waals surface area contributed by atoms with Crippen molar-refractivity contribution >= 4 is 0 Å². The van der Waals surface area contributed by atoms with Crippen molar-refractivity contribution in [2.45, 2.75) is 46.6 Å². The molecule has 0 heterocycles. The normalized spacial score (nSPS) is 12.9. The Morgan fingerprint density at radius 3 is 2.26 bits per heavy atom. The van der Waals surface area contributed by atoms with Gasteiger partial charge in [0.1, 0.15) is 0 Å². The summed E-state index contributed by atoms with van der Waals surface area (Å²) >= 11 is 0. The fourth-order valence-electron chi connectivity index (χ4n) is 2.00. The van der Waals surface area contributed by atoms with Crippen molar-refractivity contribution in [1.29, 1.82) is 0 Å². The fraction of sp³-hybridized carbons (Fsp3) is 0.647. The van der Waals surface area contributed by atoms with E-state index < -0.39 is 0 Å². The third-order valence-electron chi connectivity index (χ3n) is 3.17. The third kappa shape index (κ3) is 6.22. The summed E-state index contributed by atoms with van der Waals surface area (Å²) < 4.78 is 5.80. The van der Waals surface area contributed by atoms with Gasteiger partial charge in [0, 0.05) is 6.61 Å². The lowest BCUT2D eigenvalue weighted by atomic mass is 10.0. The monoisotopic (exact) mass is 263 g/mol. The van der Waals surface area contributed by atoms with Crippen LogP contribution >= 0.6 is 0 Å². The first-order chi connectivity index (χ1) is 9.17. The molecule has 0 spiro atoms. The second-order valence-corrected chi connectivity index (χ2v) is 5.53. The summed E-state index contributed by atoms with van der Waals surface area (Å²) in [7, 11) is 0. The molecule has 1 aromatic carbocycles. The average Bonchev–Trinajstić information content (AvgIpc) is 2.42. The lowest BCUT2D eigenvalue weighted by Crippen LogP contribution is -2.27. The predicted octanol–water partition coefficient (Wildman–Crippen LogP) is 3.96. The van der Waals surface area contributed by atoms with Crippen LogP contribution in [-0.4, -0.2) is 19.8 Å². The molecule has 19 heavy (non-hydrogen) atoms. The molecular formula is C17H29NO. The number of aryl methyl sites for hydroxylation is 1. The molecule has 0 fully saturated rings. The van der Waals surface area contributed by atoms with Crippen LogP contribution in [-0.2, 0) is 11.2 Å². The van der Waals surface area contributed by atoms with Crippen LogP contribution in [0.4, 0.5) is 0 Å². The smallest absolute Gasteiger partial charge is 0.0661 e. The zero-order valence-electron chi connectivity index (χ0n) is 12.9. The summed E-state index contributed by atoms with van der Waals surface area (Å²) in [5.74, 6) is 0.592. The van der Waals surface area contributed by atoms with E-state index in [-0.39, 0.29) is 0 Å². The highest BCUT2D eigenvalue weighted by Gasteiger charge is 2.11. The Morgan fingerprint density at radius 2 is 1.74 bits per heavy atom. The van der Waals surface area contributed by atoms with E-state index >= 15 is 0 Å². The fourth-order valence-corrected chi connectivity index (χ4v) is 2.00. The van der Waals surface area contributed by atoms with Gasteiger partial charge in [0.05, 0.1) is 12.6 Å². The number of hydrogen-bond donors (Lipinski definition) is 1. The van der Waals surface area contributed by atoms with Gasteiger partial charge in [-0.05, 0) is 36.4 Å². The molecule has 0 bridgehead atoms. The van der Waals surface area contributed by atoms with Crippen LogP contribution in [0.5, 0.6) is 0 Å². The van der Waals surface area contributed by atoms with Crippen LogP contribution in [0.1, 0.15) is 51.3 Å². The van der Waals surface area contributed by atoms with Crippen LogP contribution in [0, 0.1) is 5.92 Å². The first kappa shape index (κ1) is 16.2. The van der Waals surface area contributed by atoms with Crippen molar-refractivity contribution in [3.05, 3.63) is 35.4 Å². The summed E-state index contributed by atoms with van der Waals surface area (Å²) in [5.41, 5.74) is 2.72. The molecule has 0 aliphatic heterocycles. The van der Waals surface area contributed by atoms with E-state index in [2.05, 4.69) is 57.3 Å². The van der Waals surface area contributed by atoms with Gasteiger partial charge in [0.2, 0.25) is 0 Å². The molecule has 1 aromatic rings. The third-order valence-corrected chi connectivity index (χ3v) is 3.17. The maximum Gasteiger partial charge on any atom is 0.0661 e. The van der Waals surface area contributed by atoms with Gasteiger partial charge in [-0.3, -0.25) is 0 Å². The molecule has 2 heteroatoms. The van der Waals surface area contributed by atoms with Crippen LogP contribution in [0.25, 0.3) is 0 Å². The van der Waals surface area contributed by atoms with Crippen molar-refractivity contribution in [2.24, 2.45) is 5.92 Å². The molecule has 1 N–H and O–H groups in total. The number of benzene rings is 1. The Kier molecular flexibility index (Phi) is 7.76. The highest BCUT2D eigenvalue weighted by molar-refractivity contribution is 5.25. The van der Waals surface area contributed by atoms with Gasteiger partial charge in [-0.25, -0.2) is 0 Å². The standard InChI is InChI=1S/C17H29NO/c1-5-11-18-17(13-19-12-14(3)4)16-9-7-15(6-2)8-10-16/h7-10,14,17-18H,5-6,11-13H2,1-4H3. The molecule has 0 radical (unpaired) electrons. The Morgan fingerprint density at radius 1 is 1.05 bits per heavy atom. The first-order valence-electron chi connectivity index (χ1n) is 7.57. The SMILES string of the molecule is CCCNC(COCC(C)C)c1ccc(CC)cc1. The summed E-state index contributed by atoms with van der Waals surface area (Å²) in [6, 6.07) is 9.21. The molecular weight excluding hydrogens is 234 g/mol. The summed E-state index contributed by atoms with van der Waals surface area (Å²) in [4.78, 5) is 0. The van der Waals surface area contributed by atoms with E-state index in [4.69, 9.17) is 4.74 Å². The largest absolute Gasteiger partial charge is 0.379 e. The average molecular weight is 263 g/mol. The van der Waals surface area contributed by atoms with Gasteiger partial charge in [-0.1, -0.05) is 52.0 Å². The molecule has 0 aliphatic carbocycles. The molecule has 2 nitrogen and oxygen atoms in total. The van der Waals surface area contributed by atoms with Crippen LogP contribution < -0.4 is 5.32 Å². The number of hydrogen-bond acceptors (Lipinski definition) is 2. The van der Waals surface area contributed by atoms with E-state index in [1.807, 2.05) is 0 Å². The van der Waals surface area contributed by atoms with Crippen LogP contribution in [0.2, 0.25) is 0 Å². The van der Waals surface area contributed by atoms with Crippen molar-refractivity contribution < 1.29 is 4.74 Å². The van der Waals surface area contributed by atoms with Gasteiger partial charge < -0.3 is 10.1 Å². The van der Waals surface area contributed by atoms with E-state index in [9.17, 15) is 0 Å². The lowest BCUT2D eigenvalue weighted by molar-refractivity contribution is 0.0901. The first-order valence-corrected chi connectivity index (χ1v) is 7.57. The number of ether oxygens (including phenoxy) is 1. The van der Waals surface area contributed by atoms with Crippen LogP contribution in [0.15, 0.2) is 24.3 Å². The minimum atomic E-state index is 0.310. The van der Waals surface area contributed by atoms with E-state index in [0.29, 0.717) is 12.0 Å². The Balaban J connectivity index is 2.60. The topological polar surface area (TPSA) is 21.3 Å². The van der Waals surface area contributed by atoms with Crippen LogP contribution in [0.3, 0.4) is 0 Å². The highest BCUT2D eigenvalue weighted by atomic mass is 16.5. The lowest BCUT2D eigenvalue weighted by Gasteiger charge is -2.20. The van der Waals surface area contributed by atoms with Gasteiger partial charge in [0.15, 0.2) is 0 Å². The summed E-state index contributed by atoms with van der Waals surface area (Å²) in [5, 5.41) is 3.57. The zero-order chi connectivity index (χ0) is 14.1. The van der Waals surface area contributed by atoms with Gasteiger partial charge in [-0.2, -0.15) is 0 Å². The molecule has 108 valence electrons. The molecule has 1 atom stereocenters. The van der Waals surface area contributed by atoms with Crippen molar-refractivity contribution in [2.75, 3.05) is 19.8 Å². The molecule has 0 amide bonds. The summed E-state index contributed by atoms with van der Waals surface area (Å²) in [6.07, 6.45) is 2.24. The van der Waals surface area contributed by atoms with Crippen molar-refractivity contribution in [3.8, 4) is 0 Å². The van der Waals surface area contributed by atoms with Gasteiger partial charge >= 0.3 is 0 Å². The van der Waals surface area contributed by atoms with Crippen molar-refractivity contribution in [3.63, 3.8) is 0 Å². The molecule has 1 rings (SSSR count). The highest BCUT2D eigenvalue weighted by Crippen LogP contribution is 2.15. The Bertz CT molecular complexity index is 332. The molecule has 0 aromatic heterocycles. The number of nitrogens with one attached hydrogen (secondary N) is 1. The van der Waals surface area contributed by atoms with E-state index in [1.54, 1.807) is 0 Å². The molecule has 1 unspecified atom stereocenters. The Labute approximate surface area is 118 Å². The minimum Gasteiger partial charge on any atom is -0.379 e. The summed E-state index contributed by atoms with van der Waals surface area (Å²) in [6.45, 7) is 11.4. The predicted molar refractivity (Wildman–Crippen MR) is 82.5 cm³/mol. The Hall–Kier alpha value is -0.860.